The maximum Gasteiger partial charge on any atom is 0.305 e. The molecule has 4 nitrogen and oxygen atoms in total. The number of hydrogen-bond acceptors (Lipinski definition) is 2. The molecule has 1 atom stereocenters. The summed E-state index contributed by atoms with van der Waals surface area (Å²) in [6.07, 6.45) is 8.19. The summed E-state index contributed by atoms with van der Waals surface area (Å²) in [6.45, 7) is 0. The Morgan fingerprint density at radius 1 is 1.04 bits per heavy atom. The lowest BCUT2D eigenvalue weighted by Gasteiger charge is -2.56. The third-order valence-corrected chi connectivity index (χ3v) is 6.62. The van der Waals surface area contributed by atoms with Crippen LogP contribution in [0.1, 0.15) is 63.0 Å². The Balaban J connectivity index is 1.44. The second kappa shape index (κ2) is 6.47. The molecule has 0 heterocycles. The summed E-state index contributed by atoms with van der Waals surface area (Å²) in [5.74, 6) is 1.61. The van der Waals surface area contributed by atoms with Crippen molar-refractivity contribution in [2.75, 3.05) is 0 Å². The van der Waals surface area contributed by atoms with E-state index in [9.17, 15) is 14.7 Å². The van der Waals surface area contributed by atoms with Crippen LogP contribution >= 0.6 is 0 Å². The van der Waals surface area contributed by atoms with Gasteiger partial charge in [0.05, 0.1) is 12.5 Å². The van der Waals surface area contributed by atoms with E-state index < -0.39 is 12.0 Å². The monoisotopic (exact) mass is 341 g/mol. The van der Waals surface area contributed by atoms with Crippen molar-refractivity contribution in [3.05, 3.63) is 35.9 Å². The Labute approximate surface area is 149 Å². The number of aliphatic carboxylic acids is 1. The van der Waals surface area contributed by atoms with Crippen LogP contribution in [0.4, 0.5) is 0 Å². The topological polar surface area (TPSA) is 66.4 Å². The van der Waals surface area contributed by atoms with Gasteiger partial charge < -0.3 is 10.4 Å². The van der Waals surface area contributed by atoms with Crippen molar-refractivity contribution in [1.82, 2.24) is 5.32 Å². The van der Waals surface area contributed by atoms with E-state index >= 15 is 0 Å². The van der Waals surface area contributed by atoms with Crippen molar-refractivity contribution in [2.24, 2.45) is 23.2 Å². The summed E-state index contributed by atoms with van der Waals surface area (Å²) < 4.78 is 0. The van der Waals surface area contributed by atoms with Gasteiger partial charge >= 0.3 is 5.97 Å². The average molecular weight is 341 g/mol. The standard InChI is InChI=1S/C21H27NO3/c23-19(22-18(9-20(24)25)17-4-2-1-3-5-17)13-21-10-14-6-15(11-21)8-16(7-14)12-21/h1-5,14-16,18H,6-13H2,(H,22,23)(H,24,25). The van der Waals surface area contributed by atoms with E-state index in [4.69, 9.17) is 0 Å². The fourth-order valence-corrected chi connectivity index (χ4v) is 6.20. The highest BCUT2D eigenvalue weighted by Crippen LogP contribution is 2.61. The van der Waals surface area contributed by atoms with Gasteiger partial charge in [-0.2, -0.15) is 0 Å². The van der Waals surface area contributed by atoms with Crippen molar-refractivity contribution in [3.63, 3.8) is 0 Å². The van der Waals surface area contributed by atoms with Crippen LogP contribution in [-0.2, 0) is 9.59 Å². The van der Waals surface area contributed by atoms with Crippen molar-refractivity contribution < 1.29 is 14.7 Å². The smallest absolute Gasteiger partial charge is 0.305 e. The molecule has 25 heavy (non-hydrogen) atoms. The molecule has 134 valence electrons. The Kier molecular flexibility index (Phi) is 4.30. The van der Waals surface area contributed by atoms with Gasteiger partial charge in [0.25, 0.3) is 0 Å². The van der Waals surface area contributed by atoms with Crippen LogP contribution in [0.5, 0.6) is 0 Å². The molecule has 5 rings (SSSR count). The first-order chi connectivity index (χ1) is 12.0. The van der Waals surface area contributed by atoms with Gasteiger partial charge in [-0.25, -0.2) is 0 Å². The maximum absolute atomic E-state index is 12.8. The molecule has 0 aromatic heterocycles. The second-order valence-electron chi connectivity index (χ2n) is 8.72. The van der Waals surface area contributed by atoms with E-state index in [1.165, 1.54) is 38.5 Å². The fraction of sp³-hybridized carbons (Fsp3) is 0.619. The second-order valence-corrected chi connectivity index (χ2v) is 8.72. The normalized spacial score (nSPS) is 33.8. The molecule has 1 amide bonds. The molecule has 2 N–H and O–H groups in total. The lowest BCUT2D eigenvalue weighted by molar-refractivity contribution is -0.138. The van der Waals surface area contributed by atoms with Gasteiger partial charge in [-0.15, -0.1) is 0 Å². The molecule has 4 aliphatic carbocycles. The van der Waals surface area contributed by atoms with Crippen molar-refractivity contribution in [2.45, 2.75) is 57.4 Å². The molecular formula is C21H27NO3. The first-order valence-electron chi connectivity index (χ1n) is 9.57. The fourth-order valence-electron chi connectivity index (χ4n) is 6.20. The summed E-state index contributed by atoms with van der Waals surface area (Å²) >= 11 is 0. The molecule has 0 aliphatic heterocycles. The number of benzene rings is 1. The molecule has 0 radical (unpaired) electrons. The Bertz CT molecular complexity index is 619. The molecule has 1 aromatic rings. The molecule has 4 saturated carbocycles. The zero-order valence-corrected chi connectivity index (χ0v) is 14.6. The predicted molar refractivity (Wildman–Crippen MR) is 94.8 cm³/mol. The minimum atomic E-state index is -0.885. The highest BCUT2D eigenvalue weighted by molar-refractivity contribution is 5.78. The quantitative estimate of drug-likeness (QED) is 0.824. The van der Waals surface area contributed by atoms with Gasteiger partial charge in [0.1, 0.15) is 0 Å². The molecule has 1 aromatic carbocycles. The van der Waals surface area contributed by atoms with Crippen molar-refractivity contribution in [3.8, 4) is 0 Å². The molecule has 0 saturated heterocycles. The SMILES string of the molecule is O=C(O)CC(NC(=O)CC12CC3CC(CC(C3)C1)C2)c1ccccc1. The zero-order valence-electron chi connectivity index (χ0n) is 14.6. The number of amides is 1. The number of carbonyl (C=O) groups is 2. The van der Waals surface area contributed by atoms with Crippen LogP contribution in [0.2, 0.25) is 0 Å². The van der Waals surface area contributed by atoms with Crippen LogP contribution in [0.15, 0.2) is 30.3 Å². The molecule has 1 unspecified atom stereocenters. The molecule has 4 heteroatoms. The van der Waals surface area contributed by atoms with Gasteiger partial charge in [-0.3, -0.25) is 9.59 Å². The third-order valence-electron chi connectivity index (χ3n) is 6.62. The Morgan fingerprint density at radius 3 is 2.12 bits per heavy atom. The Hall–Kier alpha value is -1.84. The molecular weight excluding hydrogens is 314 g/mol. The largest absolute Gasteiger partial charge is 0.481 e. The first kappa shape index (κ1) is 16.6. The van der Waals surface area contributed by atoms with Crippen LogP contribution in [-0.4, -0.2) is 17.0 Å². The number of carboxylic acid groups (broad SMARTS) is 1. The number of rotatable bonds is 6. The number of nitrogens with one attached hydrogen (secondary N) is 1. The highest BCUT2D eigenvalue weighted by Gasteiger charge is 2.51. The third kappa shape index (κ3) is 3.58. The number of hydrogen-bond donors (Lipinski definition) is 2. The minimum absolute atomic E-state index is 0.0250. The van der Waals surface area contributed by atoms with Gasteiger partial charge in [-0.1, -0.05) is 30.3 Å². The summed E-state index contributed by atoms with van der Waals surface area (Å²) in [5, 5.41) is 12.2. The lowest BCUT2D eigenvalue weighted by Crippen LogP contribution is -2.48. The van der Waals surface area contributed by atoms with Crippen molar-refractivity contribution >= 4 is 11.9 Å². The van der Waals surface area contributed by atoms with Crippen LogP contribution < -0.4 is 5.32 Å². The van der Waals surface area contributed by atoms with Crippen LogP contribution in [0.3, 0.4) is 0 Å². The van der Waals surface area contributed by atoms with Crippen LogP contribution in [0.25, 0.3) is 0 Å². The van der Waals surface area contributed by atoms with E-state index in [0.717, 1.165) is 23.3 Å². The Morgan fingerprint density at radius 2 is 1.60 bits per heavy atom. The summed E-state index contributed by atoms with van der Waals surface area (Å²) in [4.78, 5) is 24.0. The van der Waals surface area contributed by atoms with Gasteiger partial charge in [0.2, 0.25) is 5.91 Å². The predicted octanol–water partition coefficient (Wildman–Crippen LogP) is 3.93. The zero-order chi connectivity index (χ0) is 17.4. The summed E-state index contributed by atoms with van der Waals surface area (Å²) in [7, 11) is 0. The highest BCUT2D eigenvalue weighted by atomic mass is 16.4. The van der Waals surface area contributed by atoms with Gasteiger partial charge in [0, 0.05) is 6.42 Å². The summed E-state index contributed by atoms with van der Waals surface area (Å²) in [5.41, 5.74) is 1.05. The van der Waals surface area contributed by atoms with Crippen LogP contribution in [0, 0.1) is 23.2 Å². The number of carbonyl (C=O) groups excluding carboxylic acids is 1. The van der Waals surface area contributed by atoms with E-state index in [-0.39, 0.29) is 17.7 Å². The van der Waals surface area contributed by atoms with Gasteiger partial charge in [0.15, 0.2) is 0 Å². The van der Waals surface area contributed by atoms with E-state index in [2.05, 4.69) is 5.32 Å². The molecule has 4 aliphatic rings. The molecule has 4 fully saturated rings. The average Bonchev–Trinajstić information content (AvgIpc) is 2.52. The van der Waals surface area contributed by atoms with E-state index in [1.807, 2.05) is 30.3 Å². The first-order valence-corrected chi connectivity index (χ1v) is 9.57. The molecule has 4 bridgehead atoms. The van der Waals surface area contributed by atoms with Gasteiger partial charge in [-0.05, 0) is 67.3 Å². The van der Waals surface area contributed by atoms with E-state index in [0.29, 0.717) is 6.42 Å². The van der Waals surface area contributed by atoms with E-state index in [1.54, 1.807) is 0 Å². The summed E-state index contributed by atoms with van der Waals surface area (Å²) in [6, 6.07) is 9.00. The lowest BCUT2D eigenvalue weighted by atomic mass is 9.49. The van der Waals surface area contributed by atoms with Crippen molar-refractivity contribution in [1.29, 1.82) is 0 Å². The minimum Gasteiger partial charge on any atom is -0.481 e. The number of carboxylic acids is 1. The maximum atomic E-state index is 12.8. The molecule has 0 spiro atoms.